The molecule has 140 valence electrons. The molecule has 0 radical (unpaired) electrons. The van der Waals surface area contributed by atoms with Gasteiger partial charge in [-0.05, 0) is 30.9 Å². The Kier molecular flexibility index (Phi) is 5.55. The van der Waals surface area contributed by atoms with Gasteiger partial charge in [-0.15, -0.1) is 0 Å². The molecule has 2 N–H and O–H groups in total. The number of rotatable bonds is 5. The number of carbonyl (C=O) groups is 4. The number of piperidine rings is 1. The Bertz CT molecular complexity index is 865. The Morgan fingerprint density at radius 3 is 2.81 bits per heavy atom. The maximum Gasteiger partial charge on any atom is 0.303 e. The lowest BCUT2D eigenvalue weighted by Gasteiger charge is -2.29. The second-order valence-electron chi connectivity index (χ2n) is 6.64. The molecule has 2 aliphatic heterocycles. The predicted octanol–water partition coefficient (Wildman–Crippen LogP) is 1.44. The van der Waals surface area contributed by atoms with E-state index in [2.05, 4.69) is 17.2 Å². The lowest BCUT2D eigenvalue weighted by molar-refractivity contribution is -0.138. The zero-order chi connectivity index (χ0) is 19.4. The predicted molar refractivity (Wildman–Crippen MR) is 95.5 cm³/mol. The fourth-order valence-corrected chi connectivity index (χ4v) is 3.37. The number of unbranched alkanes of at least 4 members (excludes halogenated alkanes) is 2. The summed E-state index contributed by atoms with van der Waals surface area (Å²) < 4.78 is 0. The van der Waals surface area contributed by atoms with Gasteiger partial charge in [-0.1, -0.05) is 24.0 Å². The van der Waals surface area contributed by atoms with E-state index in [0.717, 1.165) is 5.56 Å². The van der Waals surface area contributed by atoms with E-state index in [1.165, 1.54) is 4.90 Å². The van der Waals surface area contributed by atoms with Crippen LogP contribution in [0.1, 0.15) is 60.0 Å². The first-order valence-electron chi connectivity index (χ1n) is 8.94. The van der Waals surface area contributed by atoms with E-state index in [9.17, 15) is 19.2 Å². The van der Waals surface area contributed by atoms with Crippen LogP contribution in [0.15, 0.2) is 18.2 Å². The van der Waals surface area contributed by atoms with Crippen LogP contribution in [-0.2, 0) is 20.9 Å². The summed E-state index contributed by atoms with van der Waals surface area (Å²) in [4.78, 5) is 48.3. The maximum atomic E-state index is 12.9. The first-order chi connectivity index (χ1) is 13.0. The lowest BCUT2D eigenvalue weighted by atomic mass is 10.0. The molecule has 2 aliphatic rings. The van der Waals surface area contributed by atoms with Gasteiger partial charge in [-0.3, -0.25) is 24.5 Å². The number of carboxylic acid groups (broad SMARTS) is 1. The molecular formula is C20H20N2O5. The molecule has 0 saturated carbocycles. The molecule has 1 saturated heterocycles. The lowest BCUT2D eigenvalue weighted by Crippen LogP contribution is -2.52. The molecule has 1 aromatic rings. The van der Waals surface area contributed by atoms with Crippen molar-refractivity contribution in [3.05, 3.63) is 34.9 Å². The van der Waals surface area contributed by atoms with Gasteiger partial charge in [0.2, 0.25) is 11.8 Å². The molecule has 7 nitrogen and oxygen atoms in total. The summed E-state index contributed by atoms with van der Waals surface area (Å²) in [6, 6.07) is 4.81. The van der Waals surface area contributed by atoms with Crippen LogP contribution in [0.4, 0.5) is 0 Å². The molecule has 1 aromatic carbocycles. The van der Waals surface area contributed by atoms with Crippen LogP contribution >= 0.6 is 0 Å². The average molecular weight is 368 g/mol. The summed E-state index contributed by atoms with van der Waals surface area (Å²) in [5.41, 5.74) is 1.95. The molecule has 1 unspecified atom stereocenters. The maximum absolute atomic E-state index is 12.9. The van der Waals surface area contributed by atoms with E-state index in [-0.39, 0.29) is 24.7 Å². The van der Waals surface area contributed by atoms with Gasteiger partial charge in [-0.2, -0.15) is 0 Å². The molecule has 0 spiro atoms. The number of fused-ring (bicyclic) bond motifs is 1. The molecule has 0 bridgehead atoms. The van der Waals surface area contributed by atoms with E-state index in [1.54, 1.807) is 6.07 Å². The van der Waals surface area contributed by atoms with Gasteiger partial charge in [0.15, 0.2) is 0 Å². The highest BCUT2D eigenvalue weighted by Gasteiger charge is 2.39. The molecule has 1 atom stereocenters. The Labute approximate surface area is 156 Å². The number of aliphatic carboxylic acids is 1. The van der Waals surface area contributed by atoms with Crippen molar-refractivity contribution in [2.45, 2.75) is 51.1 Å². The fraction of sp³-hybridized carbons (Fsp3) is 0.400. The zero-order valence-electron chi connectivity index (χ0n) is 14.8. The van der Waals surface area contributed by atoms with Crippen LogP contribution in [-0.4, -0.2) is 39.7 Å². The number of nitrogens with zero attached hydrogens (tertiary/aromatic N) is 1. The van der Waals surface area contributed by atoms with Gasteiger partial charge in [0.25, 0.3) is 5.91 Å². The average Bonchev–Trinajstić information content (AvgIpc) is 2.95. The molecule has 3 amide bonds. The fourth-order valence-electron chi connectivity index (χ4n) is 3.37. The van der Waals surface area contributed by atoms with Crippen molar-refractivity contribution in [3.63, 3.8) is 0 Å². The summed E-state index contributed by atoms with van der Waals surface area (Å²) in [7, 11) is 0. The second-order valence-corrected chi connectivity index (χ2v) is 6.64. The van der Waals surface area contributed by atoms with E-state index in [1.807, 2.05) is 12.1 Å². The van der Waals surface area contributed by atoms with Crippen molar-refractivity contribution in [2.75, 3.05) is 0 Å². The molecule has 7 heteroatoms. The summed E-state index contributed by atoms with van der Waals surface area (Å²) in [6.45, 7) is 0.328. The van der Waals surface area contributed by atoms with Crippen LogP contribution in [0, 0.1) is 11.8 Å². The second kappa shape index (κ2) is 8.04. The van der Waals surface area contributed by atoms with Crippen molar-refractivity contribution >= 4 is 23.7 Å². The van der Waals surface area contributed by atoms with Crippen LogP contribution in [0.2, 0.25) is 0 Å². The monoisotopic (exact) mass is 368 g/mol. The topological polar surface area (TPSA) is 104 Å². The molecule has 1 fully saturated rings. The van der Waals surface area contributed by atoms with Gasteiger partial charge in [0, 0.05) is 31.4 Å². The quantitative estimate of drug-likeness (QED) is 0.465. The summed E-state index contributed by atoms with van der Waals surface area (Å²) in [5, 5.41) is 10.9. The molecule has 0 aromatic heterocycles. The number of amides is 3. The van der Waals surface area contributed by atoms with E-state index in [0.29, 0.717) is 43.4 Å². The molecule has 0 aliphatic carbocycles. The number of nitrogens with one attached hydrogen (secondary N) is 1. The number of hydrogen-bond acceptors (Lipinski definition) is 4. The first-order valence-corrected chi connectivity index (χ1v) is 8.94. The van der Waals surface area contributed by atoms with Gasteiger partial charge in [0.05, 0.1) is 5.56 Å². The van der Waals surface area contributed by atoms with E-state index >= 15 is 0 Å². The molecule has 27 heavy (non-hydrogen) atoms. The summed E-state index contributed by atoms with van der Waals surface area (Å²) in [6.07, 6.45) is 2.49. The highest BCUT2D eigenvalue weighted by molar-refractivity contribution is 6.06. The van der Waals surface area contributed by atoms with Gasteiger partial charge < -0.3 is 10.0 Å². The molecule has 3 rings (SSSR count). The third kappa shape index (κ3) is 4.17. The van der Waals surface area contributed by atoms with Crippen molar-refractivity contribution in [3.8, 4) is 11.8 Å². The third-order valence-corrected chi connectivity index (χ3v) is 4.72. The highest BCUT2D eigenvalue weighted by atomic mass is 16.4. The minimum Gasteiger partial charge on any atom is -0.481 e. The largest absolute Gasteiger partial charge is 0.481 e. The van der Waals surface area contributed by atoms with Crippen molar-refractivity contribution in [1.82, 2.24) is 10.2 Å². The minimum atomic E-state index is -0.817. The van der Waals surface area contributed by atoms with Gasteiger partial charge in [-0.25, -0.2) is 0 Å². The number of benzene rings is 1. The third-order valence-electron chi connectivity index (χ3n) is 4.72. The number of carboxylic acids is 1. The van der Waals surface area contributed by atoms with Crippen LogP contribution < -0.4 is 5.32 Å². The normalized spacial score (nSPS) is 18.6. The van der Waals surface area contributed by atoms with Crippen LogP contribution in [0.3, 0.4) is 0 Å². The molecular weight excluding hydrogens is 348 g/mol. The number of hydrogen-bond donors (Lipinski definition) is 2. The van der Waals surface area contributed by atoms with Gasteiger partial charge >= 0.3 is 5.97 Å². The van der Waals surface area contributed by atoms with Crippen LogP contribution in [0.25, 0.3) is 0 Å². The van der Waals surface area contributed by atoms with Crippen molar-refractivity contribution in [1.29, 1.82) is 0 Å². The smallest absolute Gasteiger partial charge is 0.303 e. The van der Waals surface area contributed by atoms with E-state index in [4.69, 9.17) is 5.11 Å². The van der Waals surface area contributed by atoms with Crippen molar-refractivity contribution in [2.24, 2.45) is 0 Å². The standard InChI is InChI=1S/C20H20N2O5/c23-16-11-10-15(19(26)21-16)22-12-14-8-5-7-13(18(14)20(22)27)6-3-1-2-4-9-17(24)25/h5,7-8,15H,1-2,4,9-12H2,(H,24,25)(H,21,23,26). The number of carbonyl (C=O) groups excluding carboxylic acids is 3. The van der Waals surface area contributed by atoms with Crippen molar-refractivity contribution < 1.29 is 24.3 Å². The Morgan fingerprint density at radius 1 is 1.26 bits per heavy atom. The number of imide groups is 1. The Balaban J connectivity index is 1.70. The molecule has 2 heterocycles. The Morgan fingerprint density at radius 2 is 2.07 bits per heavy atom. The SMILES string of the molecule is O=C(O)CCCCC#Cc1cccc2c1C(=O)N(C1CCC(=O)NC1=O)C2. The first kappa shape index (κ1) is 18.6. The highest BCUT2D eigenvalue weighted by Crippen LogP contribution is 2.29. The zero-order valence-corrected chi connectivity index (χ0v) is 14.8. The van der Waals surface area contributed by atoms with E-state index < -0.39 is 17.9 Å². The van der Waals surface area contributed by atoms with Crippen LogP contribution in [0.5, 0.6) is 0 Å². The Hall–Kier alpha value is -3.14. The minimum absolute atomic E-state index is 0.127. The summed E-state index contributed by atoms with van der Waals surface area (Å²) in [5.74, 6) is 4.20. The van der Waals surface area contributed by atoms with Gasteiger partial charge in [0.1, 0.15) is 6.04 Å². The summed E-state index contributed by atoms with van der Waals surface area (Å²) >= 11 is 0.